The Balaban J connectivity index is 1.79. The van der Waals surface area contributed by atoms with Crippen molar-refractivity contribution in [3.63, 3.8) is 0 Å². The minimum absolute atomic E-state index is 0.181. The van der Waals surface area contributed by atoms with Crippen LogP contribution >= 0.6 is 12.0 Å². The molecule has 0 atom stereocenters. The number of hydrogen-bond acceptors (Lipinski definition) is 7. The standard InChI is InChI=1S/C19H19N3O4S/c1-13-18(12-14-4-6-15(7-5-14)21(2)3)19(23)22(20-13)16-8-10-17(11-9-16)27-26-25-24/h4-12,24H,1-3H3. The molecule has 2 aromatic carbocycles. The molecule has 2 aromatic rings. The Hall–Kier alpha value is -2.65. The number of benzene rings is 2. The van der Waals surface area contributed by atoms with Gasteiger partial charge in [-0.25, -0.2) is 5.26 Å². The van der Waals surface area contributed by atoms with E-state index in [0.29, 0.717) is 21.9 Å². The van der Waals surface area contributed by atoms with E-state index < -0.39 is 0 Å². The van der Waals surface area contributed by atoms with Crippen molar-refractivity contribution in [3.05, 3.63) is 59.7 Å². The van der Waals surface area contributed by atoms with E-state index in [9.17, 15) is 4.79 Å². The predicted octanol–water partition coefficient (Wildman–Crippen LogP) is 3.99. The number of hydrogen-bond donors (Lipinski definition) is 1. The third-order valence-electron chi connectivity index (χ3n) is 4.03. The van der Waals surface area contributed by atoms with Crippen LogP contribution in [-0.2, 0) is 14.2 Å². The molecule has 0 spiro atoms. The van der Waals surface area contributed by atoms with E-state index in [2.05, 4.69) is 14.5 Å². The fourth-order valence-corrected chi connectivity index (χ4v) is 2.95. The third kappa shape index (κ3) is 4.37. The number of rotatable bonds is 6. The molecule has 1 N–H and O–H groups in total. The molecule has 1 heterocycles. The van der Waals surface area contributed by atoms with Crippen molar-refractivity contribution in [3.8, 4) is 0 Å². The van der Waals surface area contributed by atoms with Gasteiger partial charge in [0, 0.05) is 24.7 Å². The Morgan fingerprint density at radius 3 is 2.37 bits per heavy atom. The van der Waals surface area contributed by atoms with Crippen molar-refractivity contribution < 1.29 is 19.4 Å². The lowest BCUT2D eigenvalue weighted by atomic mass is 10.1. The quantitative estimate of drug-likeness (QED) is 0.351. The highest BCUT2D eigenvalue weighted by Crippen LogP contribution is 2.28. The highest BCUT2D eigenvalue weighted by molar-refractivity contribution is 7.94. The SMILES string of the molecule is CC1=NN(c2ccc(SOOO)cc2)C(=O)C1=Cc1ccc(N(C)C)cc1. The molecular weight excluding hydrogens is 366 g/mol. The average Bonchev–Trinajstić information content (AvgIpc) is 2.95. The van der Waals surface area contributed by atoms with Crippen LogP contribution in [0.25, 0.3) is 6.08 Å². The maximum Gasteiger partial charge on any atom is 0.280 e. The molecule has 0 aliphatic carbocycles. The Kier molecular flexibility index (Phi) is 5.92. The molecule has 0 unspecified atom stereocenters. The Bertz CT molecular complexity index is 877. The van der Waals surface area contributed by atoms with Crippen LogP contribution in [0.1, 0.15) is 12.5 Å². The minimum atomic E-state index is -0.181. The molecule has 0 fully saturated rings. The molecule has 27 heavy (non-hydrogen) atoms. The zero-order chi connectivity index (χ0) is 19.4. The Morgan fingerprint density at radius 1 is 1.11 bits per heavy atom. The van der Waals surface area contributed by atoms with Gasteiger partial charge in [0.05, 0.1) is 29.0 Å². The topological polar surface area (TPSA) is 74.6 Å². The summed E-state index contributed by atoms with van der Waals surface area (Å²) in [7, 11) is 3.96. The van der Waals surface area contributed by atoms with E-state index >= 15 is 0 Å². The van der Waals surface area contributed by atoms with Gasteiger partial charge in [-0.2, -0.15) is 10.1 Å². The monoisotopic (exact) mass is 385 g/mol. The summed E-state index contributed by atoms with van der Waals surface area (Å²) in [6.45, 7) is 1.81. The molecule has 0 bridgehead atoms. The van der Waals surface area contributed by atoms with E-state index in [1.165, 1.54) is 5.01 Å². The van der Waals surface area contributed by atoms with Crippen molar-refractivity contribution in [2.45, 2.75) is 11.8 Å². The molecule has 0 aromatic heterocycles. The van der Waals surface area contributed by atoms with Crippen molar-refractivity contribution in [2.75, 3.05) is 24.0 Å². The fraction of sp³-hybridized carbons (Fsp3) is 0.158. The highest BCUT2D eigenvalue weighted by atomic mass is 32.2. The Morgan fingerprint density at radius 2 is 1.78 bits per heavy atom. The molecule has 1 aliphatic heterocycles. The van der Waals surface area contributed by atoms with E-state index in [0.717, 1.165) is 23.3 Å². The molecule has 140 valence electrons. The van der Waals surface area contributed by atoms with Crippen molar-refractivity contribution in [1.29, 1.82) is 0 Å². The first-order chi connectivity index (χ1) is 13.0. The summed E-state index contributed by atoms with van der Waals surface area (Å²) >= 11 is 0.852. The van der Waals surface area contributed by atoms with Crippen LogP contribution in [-0.4, -0.2) is 31.0 Å². The maximum atomic E-state index is 12.8. The number of hydrazone groups is 1. The van der Waals surface area contributed by atoms with Crippen molar-refractivity contribution in [2.24, 2.45) is 5.10 Å². The summed E-state index contributed by atoms with van der Waals surface area (Å²) in [6.07, 6.45) is 1.84. The van der Waals surface area contributed by atoms with Crippen LogP contribution in [0.4, 0.5) is 11.4 Å². The van der Waals surface area contributed by atoms with Gasteiger partial charge in [-0.1, -0.05) is 17.2 Å². The molecule has 0 saturated heterocycles. The zero-order valence-electron chi connectivity index (χ0n) is 15.1. The van der Waals surface area contributed by atoms with E-state index in [1.54, 1.807) is 24.3 Å². The van der Waals surface area contributed by atoms with Crippen LogP contribution in [0, 0.1) is 0 Å². The molecule has 1 aliphatic rings. The maximum absolute atomic E-state index is 12.8. The molecule has 0 radical (unpaired) electrons. The first-order valence-corrected chi connectivity index (χ1v) is 8.87. The first kappa shape index (κ1) is 19.1. The summed E-state index contributed by atoms with van der Waals surface area (Å²) < 4.78 is 4.38. The normalized spacial score (nSPS) is 15.4. The Labute approximate surface area is 161 Å². The first-order valence-electron chi connectivity index (χ1n) is 8.13. The van der Waals surface area contributed by atoms with Crippen LogP contribution in [0.5, 0.6) is 0 Å². The van der Waals surface area contributed by atoms with Gasteiger partial charge in [0.2, 0.25) is 0 Å². The summed E-state index contributed by atoms with van der Waals surface area (Å²) in [5.74, 6) is -0.181. The smallest absolute Gasteiger partial charge is 0.280 e. The second kappa shape index (κ2) is 8.36. The van der Waals surface area contributed by atoms with Crippen molar-refractivity contribution >= 4 is 41.1 Å². The number of anilines is 2. The minimum Gasteiger partial charge on any atom is -0.378 e. The summed E-state index contributed by atoms with van der Waals surface area (Å²) in [4.78, 5) is 15.5. The fourth-order valence-electron chi connectivity index (χ4n) is 2.59. The van der Waals surface area contributed by atoms with Gasteiger partial charge in [0.1, 0.15) is 0 Å². The second-order valence-corrected chi connectivity index (χ2v) is 6.84. The lowest BCUT2D eigenvalue weighted by Crippen LogP contribution is -2.21. The average molecular weight is 385 g/mol. The van der Waals surface area contributed by atoms with Crippen LogP contribution in [0.2, 0.25) is 0 Å². The predicted molar refractivity (Wildman–Crippen MR) is 106 cm³/mol. The van der Waals surface area contributed by atoms with E-state index in [-0.39, 0.29) is 5.91 Å². The number of nitrogens with zero attached hydrogens (tertiary/aromatic N) is 3. The molecule has 0 saturated carbocycles. The summed E-state index contributed by atoms with van der Waals surface area (Å²) in [6, 6.07) is 14.9. The zero-order valence-corrected chi connectivity index (χ0v) is 15.9. The summed E-state index contributed by atoms with van der Waals surface area (Å²) in [5, 5.41) is 17.5. The van der Waals surface area contributed by atoms with Crippen LogP contribution in [0.3, 0.4) is 0 Å². The van der Waals surface area contributed by atoms with Gasteiger partial charge in [-0.15, -0.1) is 4.33 Å². The molecule has 3 rings (SSSR count). The van der Waals surface area contributed by atoms with E-state index in [1.807, 2.05) is 56.3 Å². The van der Waals surface area contributed by atoms with E-state index in [4.69, 9.17) is 5.26 Å². The van der Waals surface area contributed by atoms with Gasteiger partial charge in [-0.05, 0) is 55.0 Å². The number of carbonyl (C=O) groups excluding carboxylic acids is 1. The third-order valence-corrected chi connectivity index (χ3v) is 4.62. The lowest BCUT2D eigenvalue weighted by molar-refractivity contribution is -0.432. The van der Waals surface area contributed by atoms with Gasteiger partial charge in [0.15, 0.2) is 0 Å². The molecular formula is C19H19N3O4S. The number of amides is 1. The summed E-state index contributed by atoms with van der Waals surface area (Å²) in [5.41, 5.74) is 3.89. The van der Waals surface area contributed by atoms with Crippen LogP contribution < -0.4 is 9.91 Å². The lowest BCUT2D eigenvalue weighted by Gasteiger charge is -2.12. The molecule has 8 heteroatoms. The number of carbonyl (C=O) groups is 1. The molecule has 1 amide bonds. The van der Waals surface area contributed by atoms with Gasteiger partial charge in [0.25, 0.3) is 5.91 Å². The highest BCUT2D eigenvalue weighted by Gasteiger charge is 2.28. The van der Waals surface area contributed by atoms with Gasteiger partial charge >= 0.3 is 0 Å². The molecule has 7 nitrogen and oxygen atoms in total. The second-order valence-electron chi connectivity index (χ2n) is 6.07. The van der Waals surface area contributed by atoms with Crippen molar-refractivity contribution in [1.82, 2.24) is 0 Å². The largest absolute Gasteiger partial charge is 0.378 e. The van der Waals surface area contributed by atoms with Gasteiger partial charge < -0.3 is 4.90 Å². The van der Waals surface area contributed by atoms with Gasteiger partial charge in [-0.3, -0.25) is 4.79 Å². The van der Waals surface area contributed by atoms with Crippen LogP contribution in [0.15, 0.2) is 64.1 Å².